The highest BCUT2D eigenvalue weighted by Gasteiger charge is 2.20. The summed E-state index contributed by atoms with van der Waals surface area (Å²) in [5.41, 5.74) is 3.34. The molecule has 2 heterocycles. The number of fused-ring (bicyclic) bond motifs is 1. The zero-order valence-corrected chi connectivity index (χ0v) is 13.9. The summed E-state index contributed by atoms with van der Waals surface area (Å²) in [7, 11) is 0. The molecular formula is C16H19BrN2O2. The second-order valence-electron chi connectivity index (χ2n) is 5.41. The van der Waals surface area contributed by atoms with Gasteiger partial charge in [-0.3, -0.25) is 0 Å². The predicted octanol–water partition coefficient (Wildman–Crippen LogP) is 4.06. The molecule has 3 rings (SSSR count). The van der Waals surface area contributed by atoms with Crippen molar-refractivity contribution in [1.82, 2.24) is 10.5 Å². The Morgan fingerprint density at radius 3 is 3.00 bits per heavy atom. The number of ether oxygens (including phenoxy) is 1. The lowest BCUT2D eigenvalue weighted by Gasteiger charge is -2.18. The van der Waals surface area contributed by atoms with Crippen molar-refractivity contribution in [3.8, 4) is 5.75 Å². The molecule has 21 heavy (non-hydrogen) atoms. The maximum atomic E-state index is 5.84. The minimum Gasteiger partial charge on any atom is -0.493 e. The van der Waals surface area contributed by atoms with Crippen LogP contribution in [0, 0.1) is 13.8 Å². The number of hydrogen-bond donors (Lipinski definition) is 1. The van der Waals surface area contributed by atoms with Crippen LogP contribution in [0.25, 0.3) is 0 Å². The third-order valence-electron chi connectivity index (χ3n) is 3.95. The molecular weight excluding hydrogens is 332 g/mol. The third-order valence-corrected chi connectivity index (χ3v) is 4.45. The van der Waals surface area contributed by atoms with Crippen LogP contribution in [-0.2, 0) is 6.54 Å². The average molecular weight is 351 g/mol. The molecule has 0 saturated carbocycles. The van der Waals surface area contributed by atoms with Crippen molar-refractivity contribution in [3.63, 3.8) is 0 Å². The molecule has 1 aliphatic heterocycles. The summed E-state index contributed by atoms with van der Waals surface area (Å²) in [6.45, 7) is 5.47. The van der Waals surface area contributed by atoms with Gasteiger partial charge >= 0.3 is 0 Å². The fraction of sp³-hybridized carbons (Fsp3) is 0.438. The molecule has 112 valence electrons. The molecule has 4 nitrogen and oxygen atoms in total. The predicted molar refractivity (Wildman–Crippen MR) is 84.4 cm³/mol. The quantitative estimate of drug-likeness (QED) is 0.906. The van der Waals surface area contributed by atoms with Gasteiger partial charge in [0.2, 0.25) is 0 Å². The number of benzene rings is 1. The van der Waals surface area contributed by atoms with E-state index in [0.29, 0.717) is 6.04 Å². The van der Waals surface area contributed by atoms with E-state index in [-0.39, 0.29) is 0 Å². The smallest absolute Gasteiger partial charge is 0.138 e. The van der Waals surface area contributed by atoms with Gasteiger partial charge in [0, 0.05) is 28.2 Å². The summed E-state index contributed by atoms with van der Waals surface area (Å²) >= 11 is 3.50. The Morgan fingerprint density at radius 1 is 1.38 bits per heavy atom. The monoisotopic (exact) mass is 350 g/mol. The van der Waals surface area contributed by atoms with Gasteiger partial charge in [0.15, 0.2) is 0 Å². The molecule has 1 unspecified atom stereocenters. The second-order valence-corrected chi connectivity index (χ2v) is 6.32. The molecule has 0 fully saturated rings. The Kier molecular flexibility index (Phi) is 4.31. The maximum absolute atomic E-state index is 5.84. The molecule has 1 atom stereocenters. The van der Waals surface area contributed by atoms with Crippen molar-refractivity contribution >= 4 is 15.9 Å². The zero-order chi connectivity index (χ0) is 14.8. The molecule has 0 radical (unpaired) electrons. The lowest BCUT2D eigenvalue weighted by molar-refractivity contribution is 0.315. The van der Waals surface area contributed by atoms with E-state index in [1.807, 2.05) is 19.9 Å². The van der Waals surface area contributed by atoms with Crippen molar-refractivity contribution in [2.45, 2.75) is 39.3 Å². The van der Waals surface area contributed by atoms with Gasteiger partial charge in [0.05, 0.1) is 12.3 Å². The van der Waals surface area contributed by atoms with E-state index in [4.69, 9.17) is 9.26 Å². The zero-order valence-electron chi connectivity index (χ0n) is 12.3. The molecule has 0 spiro atoms. The summed E-state index contributed by atoms with van der Waals surface area (Å²) in [4.78, 5) is 0. The van der Waals surface area contributed by atoms with E-state index < -0.39 is 0 Å². The van der Waals surface area contributed by atoms with Crippen molar-refractivity contribution < 1.29 is 9.26 Å². The Hall–Kier alpha value is -1.33. The number of aryl methyl sites for hydroxylation is 2. The van der Waals surface area contributed by atoms with Crippen LogP contribution in [-0.4, -0.2) is 11.8 Å². The van der Waals surface area contributed by atoms with Crippen LogP contribution in [0.5, 0.6) is 5.75 Å². The first-order valence-corrected chi connectivity index (χ1v) is 8.02. The molecule has 2 aromatic rings. The Bertz CT molecular complexity index is 620. The Labute approximate surface area is 133 Å². The summed E-state index contributed by atoms with van der Waals surface area (Å²) in [5, 5.41) is 7.63. The molecule has 1 aliphatic rings. The van der Waals surface area contributed by atoms with E-state index in [1.54, 1.807) is 0 Å². The normalized spacial score (nSPS) is 18.0. The highest BCUT2D eigenvalue weighted by atomic mass is 79.9. The van der Waals surface area contributed by atoms with Crippen LogP contribution in [0.15, 0.2) is 27.2 Å². The van der Waals surface area contributed by atoms with E-state index in [9.17, 15) is 0 Å². The Morgan fingerprint density at radius 2 is 2.24 bits per heavy atom. The summed E-state index contributed by atoms with van der Waals surface area (Å²) < 4.78 is 12.1. The first-order valence-electron chi connectivity index (χ1n) is 7.22. The van der Waals surface area contributed by atoms with E-state index in [1.165, 1.54) is 5.56 Å². The van der Waals surface area contributed by atoms with Gasteiger partial charge in [-0.05, 0) is 38.8 Å². The molecule has 1 aromatic heterocycles. The number of halogens is 1. The van der Waals surface area contributed by atoms with Gasteiger partial charge in [-0.15, -0.1) is 0 Å². The second kappa shape index (κ2) is 6.20. The first kappa shape index (κ1) is 14.6. The molecule has 0 saturated heterocycles. The maximum Gasteiger partial charge on any atom is 0.138 e. The van der Waals surface area contributed by atoms with Gasteiger partial charge in [-0.25, -0.2) is 0 Å². The van der Waals surface area contributed by atoms with E-state index in [0.717, 1.165) is 53.2 Å². The van der Waals surface area contributed by atoms with Crippen molar-refractivity contribution in [2.24, 2.45) is 0 Å². The van der Waals surface area contributed by atoms with Gasteiger partial charge in [-0.2, -0.15) is 0 Å². The van der Waals surface area contributed by atoms with Crippen LogP contribution < -0.4 is 10.1 Å². The minimum absolute atomic E-state index is 0.296. The third kappa shape index (κ3) is 3.14. The number of rotatable bonds is 3. The number of nitrogens with zero attached hydrogens (tertiary/aromatic N) is 1. The highest BCUT2D eigenvalue weighted by molar-refractivity contribution is 9.10. The first-order chi connectivity index (χ1) is 10.1. The average Bonchev–Trinajstić information content (AvgIpc) is 2.68. The molecule has 5 heteroatoms. The number of hydrogen-bond acceptors (Lipinski definition) is 4. The van der Waals surface area contributed by atoms with Crippen LogP contribution in [0.4, 0.5) is 0 Å². The summed E-state index contributed by atoms with van der Waals surface area (Å²) in [6.07, 6.45) is 2.11. The van der Waals surface area contributed by atoms with Gasteiger partial charge in [0.1, 0.15) is 11.5 Å². The molecule has 1 N–H and O–H groups in total. The van der Waals surface area contributed by atoms with Crippen molar-refractivity contribution in [2.75, 3.05) is 6.61 Å². The number of nitrogens with one attached hydrogen (secondary N) is 1. The van der Waals surface area contributed by atoms with Gasteiger partial charge < -0.3 is 14.6 Å². The highest BCUT2D eigenvalue weighted by Crippen LogP contribution is 2.34. The van der Waals surface area contributed by atoms with Crippen molar-refractivity contribution in [1.29, 1.82) is 0 Å². The lowest BCUT2D eigenvalue weighted by atomic mass is 10.0. The van der Waals surface area contributed by atoms with Crippen LogP contribution in [0.2, 0.25) is 0 Å². The van der Waals surface area contributed by atoms with Crippen molar-refractivity contribution in [3.05, 3.63) is 45.3 Å². The molecule has 1 aromatic carbocycles. The minimum atomic E-state index is 0.296. The van der Waals surface area contributed by atoms with Gasteiger partial charge in [0.25, 0.3) is 0 Å². The fourth-order valence-corrected chi connectivity index (χ4v) is 3.08. The fourth-order valence-electron chi connectivity index (χ4n) is 2.74. The topological polar surface area (TPSA) is 47.3 Å². The Balaban J connectivity index is 1.80. The molecule has 0 aliphatic carbocycles. The standard InChI is InChI=1S/C16H19BrN2O2/c1-10-14(11(2)21-19-10)9-18-15-4-3-7-20-16-8-12(17)5-6-13(15)16/h5-6,8,15,18H,3-4,7,9H2,1-2H3. The molecule has 0 amide bonds. The number of aromatic nitrogens is 1. The lowest BCUT2D eigenvalue weighted by Crippen LogP contribution is -2.21. The van der Waals surface area contributed by atoms with Crippen LogP contribution in [0.1, 0.15) is 41.5 Å². The largest absolute Gasteiger partial charge is 0.493 e. The van der Waals surface area contributed by atoms with Gasteiger partial charge in [-0.1, -0.05) is 27.2 Å². The van der Waals surface area contributed by atoms with E-state index >= 15 is 0 Å². The summed E-state index contributed by atoms with van der Waals surface area (Å²) in [5.74, 6) is 1.86. The van der Waals surface area contributed by atoms with E-state index in [2.05, 4.69) is 38.5 Å². The van der Waals surface area contributed by atoms with Crippen LogP contribution >= 0.6 is 15.9 Å². The van der Waals surface area contributed by atoms with Crippen LogP contribution in [0.3, 0.4) is 0 Å². The summed E-state index contributed by atoms with van der Waals surface area (Å²) in [6, 6.07) is 6.54. The molecule has 0 bridgehead atoms. The SMILES string of the molecule is Cc1noc(C)c1CNC1CCCOc2cc(Br)ccc21.